The highest BCUT2D eigenvalue weighted by Gasteiger charge is 2.29. The van der Waals surface area contributed by atoms with Crippen LogP contribution in [0.1, 0.15) is 118 Å². The lowest BCUT2D eigenvalue weighted by atomic mass is 9.94. The van der Waals surface area contributed by atoms with Crippen molar-refractivity contribution in [1.29, 1.82) is 0 Å². The van der Waals surface area contributed by atoms with E-state index in [1.807, 2.05) is 74.8 Å². The van der Waals surface area contributed by atoms with Crippen LogP contribution in [-0.4, -0.2) is 58.8 Å². The van der Waals surface area contributed by atoms with Gasteiger partial charge in [-0.2, -0.15) is 0 Å². The third-order valence-electron chi connectivity index (χ3n) is 11.6. The van der Waals surface area contributed by atoms with Crippen LogP contribution in [0.3, 0.4) is 0 Å². The zero-order valence-electron chi connectivity index (χ0n) is 32.1. The van der Waals surface area contributed by atoms with E-state index in [0.717, 1.165) is 83.0 Å². The number of amides is 4. The van der Waals surface area contributed by atoms with Gasteiger partial charge in [0.1, 0.15) is 11.4 Å². The zero-order chi connectivity index (χ0) is 38.8. The number of rotatable bonds is 15. The molecule has 2 atom stereocenters. The van der Waals surface area contributed by atoms with Crippen LogP contribution < -0.4 is 31.9 Å². The molecule has 2 aromatic heterocycles. The lowest BCUT2D eigenvalue weighted by Crippen LogP contribution is -2.35. The SMILES string of the molecule is Cc1c(NC(=O)c2cc(C3CC3)c(CNCC3CCC(=O)N3)cn2)cccc1-c1cccc(NC(=O)c2cc(C3CC3)c(CNCC3CCC(=O)N3)cn2)c1C. The molecule has 12 nitrogen and oxygen atoms in total. The Morgan fingerprint density at radius 1 is 0.643 bits per heavy atom. The van der Waals surface area contributed by atoms with E-state index in [2.05, 4.69) is 41.9 Å². The molecule has 2 unspecified atom stereocenters. The molecule has 2 aliphatic carbocycles. The Labute approximate surface area is 327 Å². The van der Waals surface area contributed by atoms with E-state index >= 15 is 0 Å². The average Bonchev–Trinajstić information content (AvgIpc) is 4.13. The Kier molecular flexibility index (Phi) is 10.9. The highest BCUT2D eigenvalue weighted by atomic mass is 16.2. The smallest absolute Gasteiger partial charge is 0.274 e. The highest BCUT2D eigenvalue weighted by molar-refractivity contribution is 6.05. The van der Waals surface area contributed by atoms with Crippen LogP contribution >= 0.6 is 0 Å². The van der Waals surface area contributed by atoms with Crippen LogP contribution in [0.5, 0.6) is 0 Å². The molecular weight excluding hydrogens is 705 g/mol. The molecule has 0 radical (unpaired) electrons. The Morgan fingerprint density at radius 2 is 1.07 bits per heavy atom. The zero-order valence-corrected chi connectivity index (χ0v) is 32.1. The van der Waals surface area contributed by atoms with E-state index in [9.17, 15) is 19.2 Å². The van der Waals surface area contributed by atoms with Gasteiger partial charge in [-0.3, -0.25) is 29.1 Å². The van der Waals surface area contributed by atoms with E-state index in [-0.39, 0.29) is 35.7 Å². The fraction of sp³-hybridized carbons (Fsp3) is 0.409. The summed E-state index contributed by atoms with van der Waals surface area (Å²) in [6, 6.07) is 15.9. The third-order valence-corrected chi connectivity index (χ3v) is 11.6. The van der Waals surface area contributed by atoms with Gasteiger partial charge in [-0.25, -0.2) is 0 Å². The summed E-state index contributed by atoms with van der Waals surface area (Å²) in [5.74, 6) is 0.560. The Morgan fingerprint density at radius 3 is 1.45 bits per heavy atom. The molecule has 4 aromatic rings. The first-order valence-electron chi connectivity index (χ1n) is 20.0. The molecule has 0 spiro atoms. The predicted octanol–water partition coefficient (Wildman–Crippen LogP) is 5.76. The van der Waals surface area contributed by atoms with E-state index < -0.39 is 0 Å². The van der Waals surface area contributed by atoms with Gasteiger partial charge in [0.25, 0.3) is 11.8 Å². The molecule has 2 saturated carbocycles. The van der Waals surface area contributed by atoms with Crippen molar-refractivity contribution in [2.45, 2.75) is 102 Å². The van der Waals surface area contributed by atoms with Crippen molar-refractivity contribution < 1.29 is 19.2 Å². The summed E-state index contributed by atoms with van der Waals surface area (Å²) in [6.07, 6.45) is 10.9. The lowest BCUT2D eigenvalue weighted by Gasteiger charge is -2.17. The predicted molar refractivity (Wildman–Crippen MR) is 215 cm³/mol. The first-order chi connectivity index (χ1) is 27.2. The number of hydrogen-bond acceptors (Lipinski definition) is 8. The van der Waals surface area contributed by atoms with E-state index in [1.54, 1.807) is 0 Å². The number of anilines is 2. The van der Waals surface area contributed by atoms with Gasteiger partial charge < -0.3 is 31.9 Å². The molecule has 290 valence electrons. The largest absolute Gasteiger partial charge is 0.352 e. The highest BCUT2D eigenvalue weighted by Crippen LogP contribution is 2.43. The normalized spacial score (nSPS) is 19.1. The molecule has 0 bridgehead atoms. The quantitative estimate of drug-likeness (QED) is 0.0892. The summed E-state index contributed by atoms with van der Waals surface area (Å²) < 4.78 is 0. The molecule has 2 saturated heterocycles. The maximum Gasteiger partial charge on any atom is 0.274 e. The molecule has 4 amide bonds. The number of benzene rings is 2. The number of nitrogens with zero attached hydrogens (tertiary/aromatic N) is 2. The van der Waals surface area contributed by atoms with Gasteiger partial charge >= 0.3 is 0 Å². The second-order valence-electron chi connectivity index (χ2n) is 15.8. The Balaban J connectivity index is 0.930. The topological polar surface area (TPSA) is 166 Å². The van der Waals surface area contributed by atoms with Gasteiger partial charge in [-0.05, 0) is 133 Å². The number of carbonyl (C=O) groups is 4. The van der Waals surface area contributed by atoms with Crippen LogP contribution in [0.25, 0.3) is 11.1 Å². The summed E-state index contributed by atoms with van der Waals surface area (Å²) in [7, 11) is 0. The molecule has 4 heterocycles. The number of aromatic nitrogens is 2. The second-order valence-corrected chi connectivity index (χ2v) is 15.8. The molecular formula is C44H50N8O4. The van der Waals surface area contributed by atoms with Crippen molar-refractivity contribution >= 4 is 35.0 Å². The van der Waals surface area contributed by atoms with Gasteiger partial charge in [-0.15, -0.1) is 0 Å². The van der Waals surface area contributed by atoms with Crippen molar-refractivity contribution in [2.75, 3.05) is 23.7 Å². The number of hydrogen-bond donors (Lipinski definition) is 6. The third kappa shape index (κ3) is 8.66. The van der Waals surface area contributed by atoms with Crippen molar-refractivity contribution in [3.8, 4) is 11.1 Å². The molecule has 2 aromatic carbocycles. The molecule has 4 fully saturated rings. The lowest BCUT2D eigenvalue weighted by molar-refractivity contribution is -0.120. The van der Waals surface area contributed by atoms with E-state index in [0.29, 0.717) is 73.6 Å². The van der Waals surface area contributed by atoms with Crippen LogP contribution in [-0.2, 0) is 22.7 Å². The average molecular weight is 755 g/mol. The maximum atomic E-state index is 13.6. The van der Waals surface area contributed by atoms with E-state index in [1.165, 1.54) is 0 Å². The van der Waals surface area contributed by atoms with Gasteiger partial charge in [0.15, 0.2) is 0 Å². The summed E-state index contributed by atoms with van der Waals surface area (Å²) in [6.45, 7) is 6.67. The van der Waals surface area contributed by atoms with Gasteiger partial charge in [0.2, 0.25) is 11.8 Å². The van der Waals surface area contributed by atoms with Crippen LogP contribution in [0, 0.1) is 13.8 Å². The van der Waals surface area contributed by atoms with Gasteiger partial charge in [0, 0.05) is 74.9 Å². The summed E-state index contributed by atoms with van der Waals surface area (Å²) in [5, 5.41) is 19.1. The number of carbonyl (C=O) groups excluding carboxylic acids is 4. The van der Waals surface area contributed by atoms with Gasteiger partial charge in [-0.1, -0.05) is 24.3 Å². The van der Waals surface area contributed by atoms with Crippen molar-refractivity contribution in [2.24, 2.45) is 0 Å². The second kappa shape index (κ2) is 16.3. The molecule has 4 aliphatic rings. The minimum absolute atomic E-state index is 0.109. The summed E-state index contributed by atoms with van der Waals surface area (Å²) in [4.78, 5) is 59.5. The molecule has 56 heavy (non-hydrogen) atoms. The van der Waals surface area contributed by atoms with Crippen molar-refractivity contribution in [3.05, 3.63) is 106 Å². The molecule has 12 heteroatoms. The monoisotopic (exact) mass is 754 g/mol. The van der Waals surface area contributed by atoms with E-state index in [4.69, 9.17) is 0 Å². The summed E-state index contributed by atoms with van der Waals surface area (Å²) >= 11 is 0. The fourth-order valence-electron chi connectivity index (χ4n) is 8.01. The number of nitrogens with one attached hydrogen (secondary N) is 6. The maximum absolute atomic E-state index is 13.6. The fourth-order valence-corrected chi connectivity index (χ4v) is 8.01. The number of pyridine rings is 2. The minimum atomic E-state index is -0.264. The van der Waals surface area contributed by atoms with Crippen LogP contribution in [0.2, 0.25) is 0 Å². The van der Waals surface area contributed by atoms with Gasteiger partial charge in [0.05, 0.1) is 0 Å². The van der Waals surface area contributed by atoms with Crippen LogP contribution in [0.15, 0.2) is 60.9 Å². The minimum Gasteiger partial charge on any atom is -0.352 e. The molecule has 6 N–H and O–H groups in total. The van der Waals surface area contributed by atoms with Crippen molar-refractivity contribution in [1.82, 2.24) is 31.2 Å². The first kappa shape index (κ1) is 37.5. The van der Waals surface area contributed by atoms with Crippen LogP contribution in [0.4, 0.5) is 11.4 Å². The standard InChI is InChI=1S/C44H50N8O4/c1-25-33(5-3-7-37(25)51-43(55)39-17-35(27-9-10-27)29(21-47-39)19-45-23-31-13-15-41(53)49-31)34-6-4-8-38(26(34)2)52-44(56)40-18-36(28-11-12-28)30(22-48-40)20-46-24-32-14-16-42(54)50-32/h3-8,17-18,21-22,27-28,31-32,45-46H,9-16,19-20,23-24H2,1-2H3,(H,49,53)(H,50,54)(H,51,55)(H,52,56). The molecule has 8 rings (SSSR count). The first-order valence-corrected chi connectivity index (χ1v) is 20.0. The molecule has 2 aliphatic heterocycles. The van der Waals surface area contributed by atoms with Crippen molar-refractivity contribution in [3.63, 3.8) is 0 Å². The Hall–Kier alpha value is -5.46. The Bertz CT molecular complexity index is 2030. The summed E-state index contributed by atoms with van der Waals surface area (Å²) in [5.41, 5.74) is 10.4.